The highest BCUT2D eigenvalue weighted by molar-refractivity contribution is 5.20. The number of anilines is 1. The second-order valence-corrected chi connectivity index (χ2v) is 5.71. The van der Waals surface area contributed by atoms with Gasteiger partial charge < -0.3 is 15.1 Å². The van der Waals surface area contributed by atoms with Crippen LogP contribution in [-0.2, 0) is 0 Å². The first-order valence-corrected chi connectivity index (χ1v) is 6.85. The van der Waals surface area contributed by atoms with Gasteiger partial charge in [-0.05, 0) is 45.1 Å². The molecule has 5 heteroatoms. The van der Waals surface area contributed by atoms with Crippen LogP contribution in [-0.4, -0.2) is 23.3 Å². The summed E-state index contributed by atoms with van der Waals surface area (Å²) in [6.07, 6.45) is 3.69. The first kappa shape index (κ1) is 13.3. The molecular formula is C13H24N4O. The van der Waals surface area contributed by atoms with Gasteiger partial charge in [0.25, 0.3) is 0 Å². The van der Waals surface area contributed by atoms with Crippen LogP contribution in [0.4, 0.5) is 6.01 Å². The number of nitrogens with zero attached hydrogens (tertiary/aromatic N) is 2. The zero-order chi connectivity index (χ0) is 13.1. The Morgan fingerprint density at radius 2 is 1.83 bits per heavy atom. The molecular weight excluding hydrogens is 228 g/mol. The predicted molar refractivity (Wildman–Crippen MR) is 71.4 cm³/mol. The molecule has 0 radical (unpaired) electrons. The number of rotatable bonds is 4. The van der Waals surface area contributed by atoms with E-state index in [1.54, 1.807) is 0 Å². The average Bonchev–Trinajstić information content (AvgIpc) is 2.75. The monoisotopic (exact) mass is 252 g/mol. The van der Waals surface area contributed by atoms with Gasteiger partial charge in [-0.15, -0.1) is 5.10 Å². The van der Waals surface area contributed by atoms with Crippen LogP contribution < -0.4 is 10.6 Å². The maximum absolute atomic E-state index is 5.61. The zero-order valence-electron chi connectivity index (χ0n) is 11.7. The van der Waals surface area contributed by atoms with Crippen molar-refractivity contribution in [1.82, 2.24) is 15.5 Å². The van der Waals surface area contributed by atoms with Gasteiger partial charge in [0.15, 0.2) is 0 Å². The standard InChI is InChI=1S/C13H24N4O/c1-8-5-9(2)7-11(6-8)15-13-17-16-12(18-13)10(3)14-4/h8-11,14H,5-7H2,1-4H3,(H,15,17). The summed E-state index contributed by atoms with van der Waals surface area (Å²) in [4.78, 5) is 0. The molecule has 0 spiro atoms. The van der Waals surface area contributed by atoms with Gasteiger partial charge in [-0.1, -0.05) is 18.9 Å². The fourth-order valence-electron chi connectivity index (χ4n) is 2.83. The fraction of sp³-hybridized carbons (Fsp3) is 0.846. The minimum absolute atomic E-state index is 0.0947. The summed E-state index contributed by atoms with van der Waals surface area (Å²) in [7, 11) is 1.88. The molecule has 5 nitrogen and oxygen atoms in total. The second kappa shape index (κ2) is 5.69. The third kappa shape index (κ3) is 3.22. The number of hydrogen-bond donors (Lipinski definition) is 2. The minimum Gasteiger partial charge on any atom is -0.406 e. The Labute approximate surface area is 109 Å². The molecule has 2 rings (SSSR count). The van der Waals surface area contributed by atoms with Gasteiger partial charge in [0, 0.05) is 6.04 Å². The van der Waals surface area contributed by atoms with Crippen molar-refractivity contribution in [2.75, 3.05) is 12.4 Å². The second-order valence-electron chi connectivity index (χ2n) is 5.71. The van der Waals surface area contributed by atoms with Crippen LogP contribution in [0.2, 0.25) is 0 Å². The Kier molecular flexibility index (Phi) is 4.22. The highest BCUT2D eigenvalue weighted by Crippen LogP contribution is 2.30. The minimum atomic E-state index is 0.0947. The van der Waals surface area contributed by atoms with Crippen molar-refractivity contribution >= 4 is 6.01 Å². The van der Waals surface area contributed by atoms with E-state index in [1.165, 1.54) is 19.3 Å². The molecule has 1 aliphatic carbocycles. The van der Waals surface area contributed by atoms with E-state index in [1.807, 2.05) is 14.0 Å². The molecule has 3 atom stereocenters. The van der Waals surface area contributed by atoms with Gasteiger partial charge in [-0.3, -0.25) is 0 Å². The maximum Gasteiger partial charge on any atom is 0.315 e. The Bertz CT molecular complexity index is 369. The number of nitrogens with one attached hydrogen (secondary N) is 2. The third-order valence-corrected chi connectivity index (χ3v) is 3.75. The molecule has 1 saturated carbocycles. The van der Waals surface area contributed by atoms with Gasteiger partial charge in [0.1, 0.15) is 0 Å². The lowest BCUT2D eigenvalue weighted by atomic mass is 9.80. The van der Waals surface area contributed by atoms with E-state index < -0.39 is 0 Å². The molecule has 0 saturated heterocycles. The Hall–Kier alpha value is -1.10. The highest BCUT2D eigenvalue weighted by Gasteiger charge is 2.25. The lowest BCUT2D eigenvalue weighted by Crippen LogP contribution is -2.30. The van der Waals surface area contributed by atoms with Crippen LogP contribution in [0.3, 0.4) is 0 Å². The first-order valence-electron chi connectivity index (χ1n) is 6.85. The SMILES string of the molecule is CNC(C)c1nnc(NC2CC(C)CC(C)C2)o1. The van der Waals surface area contributed by atoms with Crippen molar-refractivity contribution < 1.29 is 4.42 Å². The molecule has 3 unspecified atom stereocenters. The number of hydrogen-bond acceptors (Lipinski definition) is 5. The predicted octanol–water partition coefficient (Wildman–Crippen LogP) is 2.59. The summed E-state index contributed by atoms with van der Waals surface area (Å²) in [5.74, 6) is 2.17. The third-order valence-electron chi connectivity index (χ3n) is 3.75. The number of aromatic nitrogens is 2. The molecule has 1 aromatic rings. The zero-order valence-corrected chi connectivity index (χ0v) is 11.7. The Morgan fingerprint density at radius 1 is 1.17 bits per heavy atom. The summed E-state index contributed by atoms with van der Waals surface area (Å²) in [5.41, 5.74) is 0. The summed E-state index contributed by atoms with van der Waals surface area (Å²) < 4.78 is 5.61. The molecule has 0 aliphatic heterocycles. The van der Waals surface area contributed by atoms with Crippen molar-refractivity contribution in [3.8, 4) is 0 Å². The van der Waals surface area contributed by atoms with Crippen LogP contribution >= 0.6 is 0 Å². The van der Waals surface area contributed by atoms with Gasteiger partial charge in [-0.25, -0.2) is 0 Å². The maximum atomic E-state index is 5.61. The summed E-state index contributed by atoms with van der Waals surface area (Å²) >= 11 is 0. The first-order chi connectivity index (χ1) is 8.58. The fourth-order valence-corrected chi connectivity index (χ4v) is 2.83. The van der Waals surface area contributed by atoms with E-state index in [2.05, 4.69) is 34.7 Å². The van der Waals surface area contributed by atoms with Crippen molar-refractivity contribution in [2.45, 2.75) is 52.1 Å². The quantitative estimate of drug-likeness (QED) is 0.862. The van der Waals surface area contributed by atoms with Crippen molar-refractivity contribution in [3.05, 3.63) is 5.89 Å². The van der Waals surface area contributed by atoms with Crippen LogP contribution in [0.15, 0.2) is 4.42 Å². The molecule has 1 fully saturated rings. The molecule has 102 valence electrons. The van der Waals surface area contributed by atoms with Crippen molar-refractivity contribution in [3.63, 3.8) is 0 Å². The molecule has 0 amide bonds. The van der Waals surface area contributed by atoms with Gasteiger partial charge >= 0.3 is 6.01 Å². The lowest BCUT2D eigenvalue weighted by molar-refractivity contribution is 0.277. The smallest absolute Gasteiger partial charge is 0.315 e. The van der Waals surface area contributed by atoms with Gasteiger partial charge in [-0.2, -0.15) is 0 Å². The molecule has 2 N–H and O–H groups in total. The molecule has 1 aliphatic rings. The van der Waals surface area contributed by atoms with Crippen LogP contribution in [0.5, 0.6) is 0 Å². The van der Waals surface area contributed by atoms with Crippen molar-refractivity contribution in [1.29, 1.82) is 0 Å². The molecule has 18 heavy (non-hydrogen) atoms. The average molecular weight is 252 g/mol. The van der Waals surface area contributed by atoms with E-state index in [-0.39, 0.29) is 6.04 Å². The van der Waals surface area contributed by atoms with E-state index >= 15 is 0 Å². The summed E-state index contributed by atoms with van der Waals surface area (Å²) in [5, 5.41) is 14.6. The molecule has 1 aromatic heterocycles. The lowest BCUT2D eigenvalue weighted by Gasteiger charge is -2.31. The largest absolute Gasteiger partial charge is 0.406 e. The summed E-state index contributed by atoms with van der Waals surface area (Å²) in [6.45, 7) is 6.63. The topological polar surface area (TPSA) is 63.0 Å². The van der Waals surface area contributed by atoms with E-state index in [0.717, 1.165) is 11.8 Å². The normalized spacial score (nSPS) is 30.1. The molecule has 0 bridgehead atoms. The highest BCUT2D eigenvalue weighted by atomic mass is 16.4. The van der Waals surface area contributed by atoms with E-state index in [4.69, 9.17) is 4.42 Å². The van der Waals surface area contributed by atoms with E-state index in [0.29, 0.717) is 17.9 Å². The van der Waals surface area contributed by atoms with Crippen LogP contribution in [0, 0.1) is 11.8 Å². The van der Waals surface area contributed by atoms with Crippen LogP contribution in [0.25, 0.3) is 0 Å². The summed E-state index contributed by atoms with van der Waals surface area (Å²) in [6, 6.07) is 1.11. The van der Waals surface area contributed by atoms with Gasteiger partial charge in [0.2, 0.25) is 5.89 Å². The molecule has 1 heterocycles. The Morgan fingerprint density at radius 3 is 2.44 bits per heavy atom. The molecule has 0 aromatic carbocycles. The van der Waals surface area contributed by atoms with Gasteiger partial charge in [0.05, 0.1) is 6.04 Å². The van der Waals surface area contributed by atoms with Crippen LogP contribution in [0.1, 0.15) is 52.0 Å². The Balaban J connectivity index is 1.94. The van der Waals surface area contributed by atoms with Crippen molar-refractivity contribution in [2.24, 2.45) is 11.8 Å². The van der Waals surface area contributed by atoms with E-state index in [9.17, 15) is 0 Å².